The highest BCUT2D eigenvalue weighted by atomic mass is 32.1. The van der Waals surface area contributed by atoms with Crippen molar-refractivity contribution in [2.45, 2.75) is 12.1 Å². The summed E-state index contributed by atoms with van der Waals surface area (Å²) in [6.45, 7) is -0.202. The zero-order valence-electron chi connectivity index (χ0n) is 10.9. The minimum absolute atomic E-state index is 0.176. The van der Waals surface area contributed by atoms with Crippen LogP contribution in [0.15, 0.2) is 0 Å². The molecule has 0 aliphatic carbocycles. The van der Waals surface area contributed by atoms with E-state index in [1.165, 1.54) is 7.05 Å². The van der Waals surface area contributed by atoms with Crippen molar-refractivity contribution in [2.24, 2.45) is 0 Å². The maximum absolute atomic E-state index is 11.6. The third-order valence-corrected chi connectivity index (χ3v) is 3.08. The third kappa shape index (κ3) is 6.69. The van der Waals surface area contributed by atoms with Crippen LogP contribution in [0.5, 0.6) is 0 Å². The predicted molar refractivity (Wildman–Crippen MR) is 79.6 cm³/mol. The zero-order chi connectivity index (χ0) is 14.8. The van der Waals surface area contributed by atoms with Crippen molar-refractivity contribution in [3.05, 3.63) is 0 Å². The van der Waals surface area contributed by atoms with Crippen LogP contribution >= 0.6 is 25.3 Å². The van der Waals surface area contributed by atoms with Crippen molar-refractivity contribution in [3.8, 4) is 0 Å². The van der Waals surface area contributed by atoms with Gasteiger partial charge >= 0.3 is 0 Å². The maximum atomic E-state index is 11.6. The largest absolute Gasteiger partial charge is 0.357 e. The Morgan fingerprint density at radius 2 is 1.58 bits per heavy atom. The fourth-order valence-corrected chi connectivity index (χ4v) is 1.82. The van der Waals surface area contributed by atoms with Gasteiger partial charge in [-0.1, -0.05) is 0 Å². The Bertz CT molecular complexity index is 324. The number of hydrogen-bond acceptors (Lipinski definition) is 6. The van der Waals surface area contributed by atoms with Crippen molar-refractivity contribution in [2.75, 3.05) is 32.1 Å². The first kappa shape index (κ1) is 18.1. The van der Waals surface area contributed by atoms with E-state index < -0.39 is 18.0 Å². The summed E-state index contributed by atoms with van der Waals surface area (Å²) in [6, 6.07) is -1.18. The van der Waals surface area contributed by atoms with E-state index in [9.17, 15) is 14.4 Å². The summed E-state index contributed by atoms with van der Waals surface area (Å²) in [4.78, 5) is 34.5. The monoisotopic (exact) mass is 308 g/mol. The van der Waals surface area contributed by atoms with Gasteiger partial charge in [0, 0.05) is 18.6 Å². The minimum Gasteiger partial charge on any atom is -0.357 e. The van der Waals surface area contributed by atoms with Crippen LogP contribution < -0.4 is 21.3 Å². The first-order chi connectivity index (χ1) is 8.99. The summed E-state index contributed by atoms with van der Waals surface area (Å²) in [5, 5.41) is 10.1. The summed E-state index contributed by atoms with van der Waals surface area (Å²) < 4.78 is 0. The first-order valence-electron chi connectivity index (χ1n) is 5.67. The average molecular weight is 308 g/mol. The van der Waals surface area contributed by atoms with Crippen LogP contribution in [0.4, 0.5) is 0 Å². The number of amides is 3. The van der Waals surface area contributed by atoms with Crippen LogP contribution in [-0.2, 0) is 14.4 Å². The molecule has 2 atom stereocenters. The van der Waals surface area contributed by atoms with Crippen molar-refractivity contribution in [3.63, 3.8) is 0 Å². The highest BCUT2D eigenvalue weighted by Gasteiger charge is 2.19. The van der Waals surface area contributed by atoms with Gasteiger partial charge < -0.3 is 21.3 Å². The molecule has 0 aliphatic rings. The Morgan fingerprint density at radius 1 is 1.00 bits per heavy atom. The molecule has 0 saturated carbocycles. The van der Waals surface area contributed by atoms with Gasteiger partial charge in [0.05, 0.1) is 12.6 Å². The Kier molecular flexibility index (Phi) is 9.44. The molecule has 110 valence electrons. The van der Waals surface area contributed by atoms with Gasteiger partial charge in [0.1, 0.15) is 6.04 Å². The van der Waals surface area contributed by atoms with Gasteiger partial charge in [0.2, 0.25) is 17.7 Å². The van der Waals surface area contributed by atoms with E-state index in [-0.39, 0.29) is 24.1 Å². The summed E-state index contributed by atoms with van der Waals surface area (Å²) in [6.07, 6.45) is 0. The number of carbonyl (C=O) groups is 3. The summed E-state index contributed by atoms with van der Waals surface area (Å²) >= 11 is 7.97. The lowest BCUT2D eigenvalue weighted by Crippen LogP contribution is -2.51. The number of thiol groups is 2. The van der Waals surface area contributed by atoms with Gasteiger partial charge in [-0.25, -0.2) is 0 Å². The smallest absolute Gasteiger partial charge is 0.243 e. The third-order valence-electron chi connectivity index (χ3n) is 2.35. The topological polar surface area (TPSA) is 99.3 Å². The molecule has 19 heavy (non-hydrogen) atoms. The normalized spacial score (nSPS) is 13.3. The van der Waals surface area contributed by atoms with Gasteiger partial charge in [-0.3, -0.25) is 14.4 Å². The van der Waals surface area contributed by atoms with Crippen molar-refractivity contribution in [1.29, 1.82) is 0 Å². The Hall–Kier alpha value is -0.930. The summed E-state index contributed by atoms with van der Waals surface area (Å²) in [5.74, 6) is -0.616. The second-order valence-corrected chi connectivity index (χ2v) is 4.39. The van der Waals surface area contributed by atoms with Crippen LogP contribution in [0, 0.1) is 0 Å². The number of hydrogen-bond donors (Lipinski definition) is 6. The second-order valence-electron chi connectivity index (χ2n) is 3.66. The van der Waals surface area contributed by atoms with E-state index in [2.05, 4.69) is 46.5 Å². The molecule has 0 aromatic carbocycles. The van der Waals surface area contributed by atoms with E-state index in [1.807, 2.05) is 0 Å². The number of carbonyl (C=O) groups excluding carboxylic acids is 3. The SMILES string of the molecule is CNC(=O)[C@H](CS)NC(=O)CNC(=O)[C@H](CS)NC. The van der Waals surface area contributed by atoms with E-state index >= 15 is 0 Å². The number of likely N-dealkylation sites (N-methyl/N-ethyl adjacent to an activating group) is 2. The van der Waals surface area contributed by atoms with Crippen molar-refractivity contribution in [1.82, 2.24) is 21.3 Å². The lowest BCUT2D eigenvalue weighted by molar-refractivity contribution is -0.129. The Balaban J connectivity index is 4.17. The average Bonchev–Trinajstić information content (AvgIpc) is 2.42. The molecule has 0 radical (unpaired) electrons. The van der Waals surface area contributed by atoms with Crippen LogP contribution in [0.3, 0.4) is 0 Å². The molecule has 0 unspecified atom stereocenters. The van der Waals surface area contributed by atoms with E-state index in [4.69, 9.17) is 0 Å². The molecule has 4 N–H and O–H groups in total. The molecular weight excluding hydrogens is 288 g/mol. The summed E-state index contributed by atoms with van der Waals surface area (Å²) in [7, 11) is 3.10. The Labute approximate surface area is 123 Å². The molecule has 0 spiro atoms. The lowest BCUT2D eigenvalue weighted by atomic mass is 10.3. The minimum atomic E-state index is -0.720. The van der Waals surface area contributed by atoms with Gasteiger partial charge in [-0.05, 0) is 7.05 Å². The molecule has 3 amide bonds. The molecule has 0 rings (SSSR count). The Morgan fingerprint density at radius 3 is 2.00 bits per heavy atom. The van der Waals surface area contributed by atoms with Crippen LogP contribution in [-0.4, -0.2) is 62.0 Å². The molecule has 0 aliphatic heterocycles. The zero-order valence-corrected chi connectivity index (χ0v) is 12.7. The quantitative estimate of drug-likeness (QED) is 0.286. The van der Waals surface area contributed by atoms with Crippen molar-refractivity contribution >= 4 is 43.0 Å². The molecular formula is C10H20N4O3S2. The van der Waals surface area contributed by atoms with Gasteiger partial charge in [-0.2, -0.15) is 25.3 Å². The van der Waals surface area contributed by atoms with E-state index in [0.717, 1.165) is 0 Å². The molecule has 0 aromatic rings. The molecule has 0 bridgehead atoms. The first-order valence-corrected chi connectivity index (χ1v) is 6.94. The predicted octanol–water partition coefficient (Wildman–Crippen LogP) is -2.22. The van der Waals surface area contributed by atoms with Crippen LogP contribution in [0.1, 0.15) is 0 Å². The number of nitrogens with one attached hydrogen (secondary N) is 4. The van der Waals surface area contributed by atoms with E-state index in [0.29, 0.717) is 5.75 Å². The molecule has 0 saturated heterocycles. The summed E-state index contributed by atoms with van der Waals surface area (Å²) in [5.41, 5.74) is 0. The fraction of sp³-hybridized carbons (Fsp3) is 0.700. The highest BCUT2D eigenvalue weighted by Crippen LogP contribution is 1.89. The molecule has 0 heterocycles. The second kappa shape index (κ2) is 9.93. The molecule has 7 nitrogen and oxygen atoms in total. The standard InChI is InChI=1S/C10H20N4O3S2/c1-11-6(4-18)10(17)13-3-8(15)14-7(5-19)9(16)12-2/h6-7,11,18-19H,3-5H2,1-2H3,(H,12,16)(H,13,17)(H,14,15)/t6-,7-/m0/s1. The molecule has 0 aromatic heterocycles. The molecule has 0 fully saturated rings. The van der Waals surface area contributed by atoms with Crippen LogP contribution in [0.25, 0.3) is 0 Å². The number of rotatable bonds is 8. The maximum Gasteiger partial charge on any atom is 0.243 e. The van der Waals surface area contributed by atoms with Crippen molar-refractivity contribution < 1.29 is 14.4 Å². The van der Waals surface area contributed by atoms with E-state index in [1.54, 1.807) is 7.05 Å². The molecule has 9 heteroatoms. The fourth-order valence-electron chi connectivity index (χ4n) is 1.21. The van der Waals surface area contributed by atoms with Gasteiger partial charge in [-0.15, -0.1) is 0 Å². The highest BCUT2D eigenvalue weighted by molar-refractivity contribution is 7.80. The van der Waals surface area contributed by atoms with Gasteiger partial charge in [0.15, 0.2) is 0 Å². The van der Waals surface area contributed by atoms with Gasteiger partial charge in [0.25, 0.3) is 0 Å². The lowest BCUT2D eigenvalue weighted by Gasteiger charge is -2.16. The van der Waals surface area contributed by atoms with Crippen LogP contribution in [0.2, 0.25) is 0 Å².